The lowest BCUT2D eigenvalue weighted by Gasteiger charge is -2.26. The third kappa shape index (κ3) is 2.89. The van der Waals surface area contributed by atoms with Gasteiger partial charge in [-0.25, -0.2) is 0 Å². The van der Waals surface area contributed by atoms with Crippen LogP contribution in [0.4, 0.5) is 0 Å². The molecule has 0 radical (unpaired) electrons. The summed E-state index contributed by atoms with van der Waals surface area (Å²) in [5.74, 6) is 1.60. The maximum absolute atomic E-state index is 11.3. The van der Waals surface area contributed by atoms with Crippen LogP contribution in [-0.4, -0.2) is 22.8 Å². The third-order valence-electron chi connectivity index (χ3n) is 5.65. The van der Waals surface area contributed by atoms with Crippen LogP contribution in [0.5, 0.6) is 11.5 Å². The molecule has 4 heteroatoms. The highest BCUT2D eigenvalue weighted by Gasteiger charge is 2.45. The van der Waals surface area contributed by atoms with Gasteiger partial charge >= 0.3 is 0 Å². The summed E-state index contributed by atoms with van der Waals surface area (Å²) < 4.78 is 11.9. The highest BCUT2D eigenvalue weighted by molar-refractivity contribution is 5.56. The number of fused-ring (bicyclic) bond motifs is 1. The van der Waals surface area contributed by atoms with Gasteiger partial charge in [-0.2, -0.15) is 0 Å². The van der Waals surface area contributed by atoms with E-state index in [1.807, 2.05) is 31.2 Å². The van der Waals surface area contributed by atoms with Crippen molar-refractivity contribution in [2.24, 2.45) is 0 Å². The van der Waals surface area contributed by atoms with Gasteiger partial charge in [-0.3, -0.25) is 4.98 Å². The SMILES string of the molecule is COc1ccc(C(C)(O)Cc2ccncc2)c2c1OC1(CCCC1)C2. The van der Waals surface area contributed by atoms with E-state index in [1.54, 1.807) is 19.5 Å². The number of methoxy groups -OCH3 is 1. The van der Waals surface area contributed by atoms with Crippen LogP contribution in [0.2, 0.25) is 0 Å². The summed E-state index contributed by atoms with van der Waals surface area (Å²) in [6.07, 6.45) is 9.51. The first kappa shape index (κ1) is 16.4. The smallest absolute Gasteiger partial charge is 0.165 e. The van der Waals surface area contributed by atoms with Crippen LogP contribution in [0.3, 0.4) is 0 Å². The maximum Gasteiger partial charge on any atom is 0.165 e. The van der Waals surface area contributed by atoms with Gasteiger partial charge in [0.05, 0.1) is 12.7 Å². The fraction of sp³-hybridized carbons (Fsp3) is 0.476. The van der Waals surface area contributed by atoms with E-state index in [-0.39, 0.29) is 5.60 Å². The van der Waals surface area contributed by atoms with Crippen molar-refractivity contribution in [2.75, 3.05) is 7.11 Å². The lowest BCUT2D eigenvalue weighted by atomic mass is 9.83. The first-order chi connectivity index (χ1) is 12.0. The van der Waals surface area contributed by atoms with Crippen LogP contribution < -0.4 is 9.47 Å². The lowest BCUT2D eigenvalue weighted by molar-refractivity contribution is 0.0566. The number of hydrogen-bond donors (Lipinski definition) is 1. The fourth-order valence-corrected chi connectivity index (χ4v) is 4.43. The van der Waals surface area contributed by atoms with Crippen molar-refractivity contribution in [1.29, 1.82) is 0 Å². The first-order valence-electron chi connectivity index (χ1n) is 9.04. The van der Waals surface area contributed by atoms with E-state index in [0.717, 1.165) is 47.5 Å². The van der Waals surface area contributed by atoms with Gasteiger partial charge in [-0.1, -0.05) is 6.07 Å². The van der Waals surface area contributed by atoms with Gasteiger partial charge in [0.2, 0.25) is 0 Å². The number of nitrogens with zero attached hydrogens (tertiary/aromatic N) is 1. The first-order valence-corrected chi connectivity index (χ1v) is 9.04. The van der Waals surface area contributed by atoms with Gasteiger partial charge in [-0.15, -0.1) is 0 Å². The second kappa shape index (κ2) is 6.03. The van der Waals surface area contributed by atoms with Crippen molar-refractivity contribution in [3.63, 3.8) is 0 Å². The average molecular weight is 339 g/mol. The molecule has 1 N–H and O–H groups in total. The van der Waals surface area contributed by atoms with Crippen molar-refractivity contribution in [2.45, 2.75) is 56.7 Å². The van der Waals surface area contributed by atoms with E-state index in [9.17, 15) is 5.11 Å². The van der Waals surface area contributed by atoms with Crippen LogP contribution in [0.15, 0.2) is 36.7 Å². The predicted octanol–water partition coefficient (Wildman–Crippen LogP) is 3.79. The Balaban J connectivity index is 1.73. The van der Waals surface area contributed by atoms with Crippen molar-refractivity contribution < 1.29 is 14.6 Å². The predicted molar refractivity (Wildman–Crippen MR) is 96.0 cm³/mol. The Bertz CT molecular complexity index is 764. The lowest BCUT2D eigenvalue weighted by Crippen LogP contribution is -2.31. The maximum atomic E-state index is 11.3. The second-order valence-corrected chi connectivity index (χ2v) is 7.60. The summed E-state index contributed by atoms with van der Waals surface area (Å²) in [6.45, 7) is 1.88. The van der Waals surface area contributed by atoms with Crippen LogP contribution in [-0.2, 0) is 18.4 Å². The molecular weight excluding hydrogens is 314 g/mol. The van der Waals surface area contributed by atoms with Gasteiger partial charge in [0.1, 0.15) is 5.60 Å². The number of hydrogen-bond acceptors (Lipinski definition) is 4. The fourth-order valence-electron chi connectivity index (χ4n) is 4.43. The molecule has 2 heterocycles. The molecule has 1 spiro atoms. The summed E-state index contributed by atoms with van der Waals surface area (Å²) in [6, 6.07) is 7.82. The van der Waals surface area contributed by atoms with Crippen LogP contribution in [0.25, 0.3) is 0 Å². The Kier molecular flexibility index (Phi) is 3.95. The Morgan fingerprint density at radius 1 is 1.20 bits per heavy atom. The molecule has 2 aromatic rings. The van der Waals surface area contributed by atoms with E-state index < -0.39 is 5.60 Å². The van der Waals surface area contributed by atoms with Gasteiger partial charge in [0.25, 0.3) is 0 Å². The van der Waals surface area contributed by atoms with E-state index in [1.165, 1.54) is 12.8 Å². The van der Waals surface area contributed by atoms with Gasteiger partial charge in [0.15, 0.2) is 11.5 Å². The number of pyridine rings is 1. The molecule has 1 aliphatic heterocycles. The van der Waals surface area contributed by atoms with Gasteiger partial charge in [0, 0.05) is 30.8 Å². The molecule has 25 heavy (non-hydrogen) atoms. The molecule has 0 saturated heterocycles. The zero-order valence-corrected chi connectivity index (χ0v) is 14.9. The van der Waals surface area contributed by atoms with Gasteiger partial charge < -0.3 is 14.6 Å². The highest BCUT2D eigenvalue weighted by Crippen LogP contribution is 2.51. The molecule has 1 fully saturated rings. The molecule has 132 valence electrons. The summed E-state index contributed by atoms with van der Waals surface area (Å²) in [5, 5.41) is 11.3. The normalized spacial score (nSPS) is 20.1. The number of rotatable bonds is 4. The van der Waals surface area contributed by atoms with Crippen molar-refractivity contribution in [3.05, 3.63) is 53.3 Å². The van der Waals surface area contributed by atoms with Crippen LogP contribution in [0.1, 0.15) is 49.3 Å². The molecule has 1 aromatic heterocycles. The quantitative estimate of drug-likeness (QED) is 0.921. The average Bonchev–Trinajstić information content (AvgIpc) is 3.21. The van der Waals surface area contributed by atoms with Crippen molar-refractivity contribution in [1.82, 2.24) is 4.98 Å². The van der Waals surface area contributed by atoms with E-state index in [2.05, 4.69) is 4.98 Å². The molecule has 1 aliphatic carbocycles. The highest BCUT2D eigenvalue weighted by atomic mass is 16.5. The second-order valence-electron chi connectivity index (χ2n) is 7.60. The molecule has 4 nitrogen and oxygen atoms in total. The topological polar surface area (TPSA) is 51.6 Å². The number of benzene rings is 1. The molecule has 0 bridgehead atoms. The van der Waals surface area contributed by atoms with Gasteiger partial charge in [-0.05, 0) is 61.9 Å². The Labute approximate surface area is 148 Å². The standard InChI is InChI=1S/C21H25NO3/c1-20(23,13-15-7-11-22-12-8-15)17-5-6-18(24-2)19-16(17)14-21(25-19)9-3-4-10-21/h5-8,11-12,23H,3-4,9-10,13-14H2,1-2H3. The minimum absolute atomic E-state index is 0.0987. The number of ether oxygens (including phenoxy) is 2. The minimum Gasteiger partial charge on any atom is -0.493 e. The molecule has 0 amide bonds. The largest absolute Gasteiger partial charge is 0.493 e. The van der Waals surface area contributed by atoms with E-state index in [4.69, 9.17) is 9.47 Å². The minimum atomic E-state index is -0.967. The summed E-state index contributed by atoms with van der Waals surface area (Å²) in [5.41, 5.74) is 2.06. The molecule has 1 aromatic carbocycles. The van der Waals surface area contributed by atoms with Crippen LogP contribution >= 0.6 is 0 Å². The third-order valence-corrected chi connectivity index (χ3v) is 5.65. The number of aromatic nitrogens is 1. The van der Waals surface area contributed by atoms with Crippen LogP contribution in [0, 0.1) is 0 Å². The molecule has 1 saturated carbocycles. The number of aliphatic hydroxyl groups is 1. The molecule has 1 unspecified atom stereocenters. The molecule has 1 atom stereocenters. The Hall–Kier alpha value is -2.07. The van der Waals surface area contributed by atoms with E-state index >= 15 is 0 Å². The summed E-state index contributed by atoms with van der Waals surface area (Å²) in [7, 11) is 1.67. The Morgan fingerprint density at radius 3 is 2.60 bits per heavy atom. The van der Waals surface area contributed by atoms with Crippen molar-refractivity contribution in [3.8, 4) is 11.5 Å². The zero-order valence-electron chi connectivity index (χ0n) is 14.9. The molecular formula is C21H25NO3. The monoisotopic (exact) mass is 339 g/mol. The van der Waals surface area contributed by atoms with Crippen molar-refractivity contribution >= 4 is 0 Å². The summed E-state index contributed by atoms with van der Waals surface area (Å²) >= 11 is 0. The Morgan fingerprint density at radius 2 is 1.92 bits per heavy atom. The van der Waals surface area contributed by atoms with E-state index in [0.29, 0.717) is 6.42 Å². The molecule has 2 aliphatic rings. The summed E-state index contributed by atoms with van der Waals surface area (Å²) in [4.78, 5) is 4.06. The zero-order chi connectivity index (χ0) is 17.5. The molecule has 4 rings (SSSR count).